The van der Waals surface area contributed by atoms with Crippen molar-refractivity contribution in [3.63, 3.8) is 0 Å². The fraction of sp³-hybridized carbons (Fsp3) is 0.361. The van der Waals surface area contributed by atoms with Crippen LogP contribution in [-0.4, -0.2) is 52.8 Å². The Morgan fingerprint density at radius 2 is 1.85 bits per heavy atom. The van der Waals surface area contributed by atoms with Crippen LogP contribution in [0.1, 0.15) is 66.6 Å². The van der Waals surface area contributed by atoms with Crippen LogP contribution < -0.4 is 15.5 Å². The molecule has 0 saturated heterocycles. The molecule has 0 radical (unpaired) electrons. The molecule has 240 valence electrons. The number of terminal acetylenes is 1. The number of rotatable bonds is 15. The van der Waals surface area contributed by atoms with E-state index in [1.807, 2.05) is 24.3 Å². The third-order valence-electron chi connectivity index (χ3n) is 8.18. The van der Waals surface area contributed by atoms with Crippen LogP contribution in [0.5, 0.6) is 0 Å². The van der Waals surface area contributed by atoms with Gasteiger partial charge < -0.3 is 25.1 Å². The van der Waals surface area contributed by atoms with Crippen LogP contribution in [0.15, 0.2) is 71.5 Å². The van der Waals surface area contributed by atoms with Crippen molar-refractivity contribution in [3.05, 3.63) is 101 Å². The van der Waals surface area contributed by atoms with Crippen molar-refractivity contribution in [2.45, 2.75) is 63.6 Å². The molecule has 1 amide bonds. The van der Waals surface area contributed by atoms with E-state index in [4.69, 9.17) is 15.8 Å². The number of aromatic nitrogens is 2. The van der Waals surface area contributed by atoms with Crippen LogP contribution in [0.2, 0.25) is 0 Å². The predicted molar refractivity (Wildman–Crippen MR) is 173 cm³/mol. The highest BCUT2D eigenvalue weighted by atomic mass is 19.1. The molecule has 1 aliphatic carbocycles. The van der Waals surface area contributed by atoms with Crippen molar-refractivity contribution in [2.75, 3.05) is 24.5 Å². The Morgan fingerprint density at radius 1 is 1.11 bits per heavy atom. The summed E-state index contributed by atoms with van der Waals surface area (Å²) in [6, 6.07) is 13.3. The lowest BCUT2D eigenvalue weighted by Gasteiger charge is -2.28. The zero-order chi connectivity index (χ0) is 32.7. The molecule has 1 saturated carbocycles. The number of amides is 1. The van der Waals surface area contributed by atoms with Gasteiger partial charge in [-0.3, -0.25) is 4.79 Å². The van der Waals surface area contributed by atoms with Gasteiger partial charge in [0.15, 0.2) is 0 Å². The third kappa shape index (κ3) is 7.97. The number of halogens is 2. The van der Waals surface area contributed by atoms with Crippen molar-refractivity contribution < 1.29 is 23.1 Å². The summed E-state index contributed by atoms with van der Waals surface area (Å²) in [5.41, 5.74) is 2.42. The van der Waals surface area contributed by atoms with E-state index in [1.165, 1.54) is 24.6 Å². The minimum atomic E-state index is -1.10. The molecular formula is C36H39F2N5O3. The second-order valence-electron chi connectivity index (χ2n) is 11.7. The van der Waals surface area contributed by atoms with Gasteiger partial charge in [0.25, 0.3) is 5.91 Å². The Hall–Kier alpha value is -4.59. The first-order chi connectivity index (χ1) is 22.2. The quantitative estimate of drug-likeness (QED) is 0.147. The SMILES string of the molecule is C#Cc1cccc(C2(NC[C@@H](O)[C@H](Cc3cc(F)cc(F)c3)NC(=O)c3cc(-c4ncco4)nc(N(CCC)CCC)c3)CC2)c1. The van der Waals surface area contributed by atoms with Crippen molar-refractivity contribution in [3.8, 4) is 23.9 Å². The van der Waals surface area contributed by atoms with Crippen LogP contribution in [0, 0.1) is 24.0 Å². The second-order valence-corrected chi connectivity index (χ2v) is 11.7. The summed E-state index contributed by atoms with van der Waals surface area (Å²) in [6.45, 7) is 5.73. The average molecular weight is 628 g/mol. The van der Waals surface area contributed by atoms with Crippen LogP contribution in [0.25, 0.3) is 11.6 Å². The highest BCUT2D eigenvalue weighted by Gasteiger charge is 2.44. The molecule has 4 aromatic rings. The molecule has 8 nitrogen and oxygen atoms in total. The molecule has 1 fully saturated rings. The van der Waals surface area contributed by atoms with E-state index in [1.54, 1.807) is 12.1 Å². The number of aliphatic hydroxyl groups excluding tert-OH is 1. The van der Waals surface area contributed by atoms with Gasteiger partial charge in [0.05, 0.1) is 18.3 Å². The van der Waals surface area contributed by atoms with Gasteiger partial charge in [0.1, 0.15) is 29.4 Å². The molecule has 0 aliphatic heterocycles. The molecule has 3 N–H and O–H groups in total. The number of hydrogen-bond donors (Lipinski definition) is 3. The van der Waals surface area contributed by atoms with E-state index in [-0.39, 0.29) is 30.0 Å². The lowest BCUT2D eigenvalue weighted by atomic mass is 9.98. The van der Waals surface area contributed by atoms with E-state index in [2.05, 4.69) is 40.3 Å². The molecule has 2 aromatic heterocycles. The number of anilines is 1. The lowest BCUT2D eigenvalue weighted by molar-refractivity contribution is 0.0822. The Morgan fingerprint density at radius 3 is 2.48 bits per heavy atom. The van der Waals surface area contributed by atoms with Crippen molar-refractivity contribution in [1.29, 1.82) is 0 Å². The summed E-state index contributed by atoms with van der Waals surface area (Å²) in [5, 5.41) is 17.9. The minimum absolute atomic E-state index is 0.00875. The van der Waals surface area contributed by atoms with Crippen molar-refractivity contribution >= 4 is 11.7 Å². The van der Waals surface area contributed by atoms with Gasteiger partial charge in [-0.05, 0) is 79.6 Å². The Kier molecular flexibility index (Phi) is 10.5. The summed E-state index contributed by atoms with van der Waals surface area (Å²) in [7, 11) is 0. The summed E-state index contributed by atoms with van der Waals surface area (Å²) in [4.78, 5) is 24.9. The first-order valence-corrected chi connectivity index (χ1v) is 15.7. The monoisotopic (exact) mass is 627 g/mol. The smallest absolute Gasteiger partial charge is 0.251 e. The number of benzene rings is 2. The summed E-state index contributed by atoms with van der Waals surface area (Å²) < 4.78 is 33.8. The normalized spacial score (nSPS) is 14.7. The standard InChI is InChI=1S/C36H39F2N5O3/c1-4-13-43(14-5-2)33-21-26(20-31(41-33)35-39-12-15-46-35)34(45)42-30(19-25-17-28(37)22-29(38)18-25)32(44)23-40-36(10-11-36)27-9-7-8-24(6-3)16-27/h3,7-9,12,15-18,20-22,30,32,40,44H,4-5,10-11,13-14,19,23H2,1-2H3,(H,42,45)/t30-,32+/m0/s1. The molecule has 10 heteroatoms. The van der Waals surface area contributed by atoms with Gasteiger partial charge >= 0.3 is 0 Å². The number of oxazole rings is 1. The van der Waals surface area contributed by atoms with E-state index >= 15 is 0 Å². The van der Waals surface area contributed by atoms with Gasteiger partial charge in [0.2, 0.25) is 5.89 Å². The van der Waals surface area contributed by atoms with Crippen LogP contribution in [0.4, 0.5) is 14.6 Å². The average Bonchev–Trinajstić information content (AvgIpc) is 3.64. The Bertz CT molecular complexity index is 1660. The first-order valence-electron chi connectivity index (χ1n) is 15.7. The fourth-order valence-corrected chi connectivity index (χ4v) is 5.71. The maximum atomic E-state index is 14.2. The molecule has 1 aliphatic rings. The van der Waals surface area contributed by atoms with Gasteiger partial charge in [-0.2, -0.15) is 0 Å². The Balaban J connectivity index is 1.42. The predicted octanol–water partition coefficient (Wildman–Crippen LogP) is 5.60. The largest absolute Gasteiger partial charge is 0.443 e. The number of carbonyl (C=O) groups excluding carboxylic acids is 1. The molecule has 2 aromatic carbocycles. The zero-order valence-electron chi connectivity index (χ0n) is 26.1. The molecular weight excluding hydrogens is 588 g/mol. The second kappa shape index (κ2) is 14.7. The molecule has 0 bridgehead atoms. The van der Waals surface area contributed by atoms with E-state index < -0.39 is 29.7 Å². The van der Waals surface area contributed by atoms with Crippen LogP contribution in [-0.2, 0) is 12.0 Å². The number of carbonyl (C=O) groups is 1. The summed E-state index contributed by atoms with van der Waals surface area (Å²) in [5.74, 6) is 1.57. The van der Waals surface area contributed by atoms with E-state index in [9.17, 15) is 18.7 Å². The van der Waals surface area contributed by atoms with E-state index in [0.717, 1.165) is 56.0 Å². The molecule has 2 atom stereocenters. The number of nitrogens with zero attached hydrogens (tertiary/aromatic N) is 3. The van der Waals surface area contributed by atoms with Crippen LogP contribution in [0.3, 0.4) is 0 Å². The third-order valence-corrected chi connectivity index (χ3v) is 8.18. The molecule has 0 unspecified atom stereocenters. The number of aliphatic hydroxyl groups is 1. The first kappa shape index (κ1) is 32.8. The zero-order valence-corrected chi connectivity index (χ0v) is 26.1. The van der Waals surface area contributed by atoms with Gasteiger partial charge in [-0.1, -0.05) is 31.9 Å². The van der Waals surface area contributed by atoms with E-state index in [0.29, 0.717) is 17.1 Å². The summed E-state index contributed by atoms with van der Waals surface area (Å²) in [6.07, 6.45) is 10.9. The molecule has 2 heterocycles. The van der Waals surface area contributed by atoms with Crippen LogP contribution >= 0.6 is 0 Å². The van der Waals surface area contributed by atoms with Gasteiger partial charge in [0, 0.05) is 42.4 Å². The minimum Gasteiger partial charge on any atom is -0.443 e. The number of nitrogens with one attached hydrogen (secondary N) is 2. The highest BCUT2D eigenvalue weighted by Crippen LogP contribution is 2.45. The Labute approximate surface area is 268 Å². The molecule has 5 rings (SSSR count). The molecule has 0 spiro atoms. The topological polar surface area (TPSA) is 104 Å². The van der Waals surface area contributed by atoms with Crippen molar-refractivity contribution in [1.82, 2.24) is 20.6 Å². The van der Waals surface area contributed by atoms with Gasteiger partial charge in [-0.25, -0.2) is 18.7 Å². The maximum Gasteiger partial charge on any atom is 0.251 e. The fourth-order valence-electron chi connectivity index (χ4n) is 5.71. The molecule has 46 heavy (non-hydrogen) atoms. The number of pyridine rings is 1. The van der Waals surface area contributed by atoms with Crippen molar-refractivity contribution in [2.24, 2.45) is 0 Å². The summed E-state index contributed by atoms with van der Waals surface area (Å²) >= 11 is 0. The number of hydrogen-bond acceptors (Lipinski definition) is 7. The lowest BCUT2D eigenvalue weighted by Crippen LogP contribution is -2.50. The maximum absolute atomic E-state index is 14.2. The van der Waals surface area contributed by atoms with Gasteiger partial charge in [-0.15, -0.1) is 6.42 Å². The highest BCUT2D eigenvalue weighted by molar-refractivity contribution is 5.96.